The first-order valence-corrected chi connectivity index (χ1v) is 11.5. The Morgan fingerprint density at radius 3 is 2.79 bits per heavy atom. The molecule has 7 nitrogen and oxygen atoms in total. The van der Waals surface area contributed by atoms with Gasteiger partial charge in [0.25, 0.3) is 0 Å². The van der Waals surface area contributed by atoms with E-state index >= 15 is 0 Å². The van der Waals surface area contributed by atoms with Gasteiger partial charge in [0.2, 0.25) is 0 Å². The van der Waals surface area contributed by atoms with Gasteiger partial charge in [-0.15, -0.1) is 0 Å². The molecule has 0 spiro atoms. The Morgan fingerprint density at radius 1 is 1.18 bits per heavy atom. The molecule has 7 heteroatoms. The Labute approximate surface area is 194 Å². The number of piperidine rings is 3. The SMILES string of the molecule is Cn1nc(-c2ccccc2)cc1[C@H]1CN2CC[C@H]1C[C@@H]2CNC(=O)Nc1cccc(C#N)c1. The van der Waals surface area contributed by atoms with Crippen LogP contribution in [0.5, 0.6) is 0 Å². The minimum atomic E-state index is -0.233. The van der Waals surface area contributed by atoms with Crippen LogP contribution in [-0.4, -0.2) is 46.4 Å². The number of anilines is 1. The van der Waals surface area contributed by atoms with Crippen LogP contribution in [0.3, 0.4) is 0 Å². The lowest BCUT2D eigenvalue weighted by atomic mass is 9.74. The minimum absolute atomic E-state index is 0.233. The van der Waals surface area contributed by atoms with Gasteiger partial charge in [-0.25, -0.2) is 4.79 Å². The van der Waals surface area contributed by atoms with Crippen molar-refractivity contribution in [1.82, 2.24) is 20.0 Å². The summed E-state index contributed by atoms with van der Waals surface area (Å²) < 4.78 is 2.05. The fraction of sp³-hybridized carbons (Fsp3) is 0.346. The lowest BCUT2D eigenvalue weighted by Gasteiger charge is -2.49. The molecule has 2 aromatic carbocycles. The second kappa shape index (κ2) is 9.08. The highest BCUT2D eigenvalue weighted by atomic mass is 16.2. The average Bonchev–Trinajstić information content (AvgIpc) is 3.25. The van der Waals surface area contributed by atoms with Crippen LogP contribution in [0.2, 0.25) is 0 Å². The maximum absolute atomic E-state index is 12.4. The van der Waals surface area contributed by atoms with Crippen molar-refractivity contribution < 1.29 is 4.79 Å². The lowest BCUT2D eigenvalue weighted by molar-refractivity contribution is 0.0296. The van der Waals surface area contributed by atoms with Gasteiger partial charge in [-0.3, -0.25) is 9.58 Å². The second-order valence-electron chi connectivity index (χ2n) is 9.01. The third kappa shape index (κ3) is 4.48. The van der Waals surface area contributed by atoms with E-state index in [-0.39, 0.29) is 6.03 Å². The molecule has 0 aliphatic carbocycles. The van der Waals surface area contributed by atoms with Crippen molar-refractivity contribution in [3.63, 3.8) is 0 Å². The summed E-state index contributed by atoms with van der Waals surface area (Å²) in [4.78, 5) is 14.9. The van der Waals surface area contributed by atoms with E-state index in [1.165, 1.54) is 12.1 Å². The Balaban J connectivity index is 1.20. The molecule has 0 radical (unpaired) electrons. The molecule has 2 bridgehead atoms. The number of aryl methyl sites for hydroxylation is 1. The van der Waals surface area contributed by atoms with E-state index in [1.54, 1.807) is 24.3 Å². The molecular formula is C26H28N6O. The van der Waals surface area contributed by atoms with Gasteiger partial charge >= 0.3 is 6.03 Å². The third-order valence-electron chi connectivity index (χ3n) is 6.99. The van der Waals surface area contributed by atoms with Crippen LogP contribution in [0.1, 0.15) is 30.0 Å². The molecular weight excluding hydrogens is 412 g/mol. The highest BCUT2D eigenvalue weighted by Crippen LogP contribution is 2.42. The van der Waals surface area contributed by atoms with E-state index in [2.05, 4.69) is 39.8 Å². The van der Waals surface area contributed by atoms with Crippen molar-refractivity contribution in [2.24, 2.45) is 13.0 Å². The first-order chi connectivity index (χ1) is 16.1. The fourth-order valence-corrected chi connectivity index (χ4v) is 5.32. The molecule has 3 saturated heterocycles. The average molecular weight is 441 g/mol. The number of hydrogen-bond acceptors (Lipinski definition) is 4. The van der Waals surface area contributed by atoms with Crippen LogP contribution in [0, 0.1) is 17.2 Å². The van der Waals surface area contributed by atoms with E-state index in [1.807, 2.05) is 29.9 Å². The second-order valence-corrected chi connectivity index (χ2v) is 9.01. The maximum Gasteiger partial charge on any atom is 0.319 e. The van der Waals surface area contributed by atoms with E-state index in [0.717, 1.165) is 30.8 Å². The van der Waals surface area contributed by atoms with Crippen LogP contribution in [0.25, 0.3) is 11.3 Å². The summed E-state index contributed by atoms with van der Waals surface area (Å²) in [6.07, 6.45) is 2.25. The molecule has 4 atom stereocenters. The molecule has 3 aromatic rings. The number of amides is 2. The number of urea groups is 1. The van der Waals surface area contributed by atoms with E-state index < -0.39 is 0 Å². The van der Waals surface area contributed by atoms with Crippen molar-refractivity contribution in [3.8, 4) is 17.3 Å². The number of hydrogen-bond donors (Lipinski definition) is 2. The van der Waals surface area contributed by atoms with Crippen LogP contribution in [0.4, 0.5) is 10.5 Å². The molecule has 4 heterocycles. The standard InChI is InChI=1S/C26H28N6O/c1-31-25(14-24(30-31)19-7-3-2-4-8-19)23-17-32-11-10-20(23)13-22(32)16-28-26(33)29-21-9-5-6-18(12-21)15-27/h2-9,12,14,20,22-23H,10-11,13,16-17H2,1H3,(H2,28,29,33)/t20-,22+,23-/m0/s1. The van der Waals surface area contributed by atoms with E-state index in [4.69, 9.17) is 10.4 Å². The molecule has 0 saturated carbocycles. The smallest absolute Gasteiger partial charge is 0.319 e. The van der Waals surface area contributed by atoms with Crippen LogP contribution in [-0.2, 0) is 7.05 Å². The number of aromatic nitrogens is 2. The van der Waals surface area contributed by atoms with Crippen LogP contribution in [0.15, 0.2) is 60.7 Å². The largest absolute Gasteiger partial charge is 0.336 e. The number of nitrogens with zero attached hydrogens (tertiary/aromatic N) is 4. The quantitative estimate of drug-likeness (QED) is 0.629. The summed E-state index contributed by atoms with van der Waals surface area (Å²) in [5.74, 6) is 1.06. The number of rotatable bonds is 5. The topological polar surface area (TPSA) is 86.0 Å². The molecule has 2 amide bonds. The van der Waals surface area contributed by atoms with Gasteiger partial charge in [-0.1, -0.05) is 36.4 Å². The summed E-state index contributed by atoms with van der Waals surface area (Å²) in [7, 11) is 2.05. The normalized spacial score (nSPS) is 23.6. The van der Waals surface area contributed by atoms with Gasteiger partial charge < -0.3 is 10.6 Å². The summed E-state index contributed by atoms with van der Waals surface area (Å²) in [6.45, 7) is 2.69. The summed E-state index contributed by atoms with van der Waals surface area (Å²) in [5.41, 5.74) is 4.63. The molecule has 3 fully saturated rings. The van der Waals surface area contributed by atoms with Gasteiger partial charge in [0.05, 0.1) is 17.3 Å². The third-order valence-corrected chi connectivity index (χ3v) is 6.99. The zero-order valence-electron chi connectivity index (χ0n) is 18.7. The summed E-state index contributed by atoms with van der Waals surface area (Å²) in [5, 5.41) is 19.7. The fourth-order valence-electron chi connectivity index (χ4n) is 5.32. The molecule has 3 aliphatic heterocycles. The van der Waals surface area contributed by atoms with Gasteiger partial charge in [-0.2, -0.15) is 10.4 Å². The molecule has 6 rings (SSSR count). The predicted molar refractivity (Wildman–Crippen MR) is 128 cm³/mol. The number of fused-ring (bicyclic) bond motifs is 3. The molecule has 33 heavy (non-hydrogen) atoms. The monoisotopic (exact) mass is 440 g/mol. The first kappa shape index (κ1) is 21.2. The molecule has 1 unspecified atom stereocenters. The van der Waals surface area contributed by atoms with Gasteiger partial charge in [-0.05, 0) is 49.6 Å². The highest BCUT2D eigenvalue weighted by molar-refractivity contribution is 5.89. The van der Waals surface area contributed by atoms with E-state index in [9.17, 15) is 4.79 Å². The Morgan fingerprint density at radius 2 is 2.03 bits per heavy atom. The number of nitriles is 1. The molecule has 1 aromatic heterocycles. The Kier molecular flexibility index (Phi) is 5.84. The molecule has 168 valence electrons. The number of carbonyl (C=O) groups is 1. The predicted octanol–water partition coefficient (Wildman–Crippen LogP) is 3.96. The first-order valence-electron chi connectivity index (χ1n) is 11.5. The van der Waals surface area contributed by atoms with Crippen molar-refractivity contribution in [3.05, 3.63) is 71.9 Å². The van der Waals surface area contributed by atoms with Gasteiger partial charge in [0, 0.05) is 49.0 Å². The lowest BCUT2D eigenvalue weighted by Crippen LogP contribution is -2.56. The number of benzene rings is 2. The van der Waals surface area contributed by atoms with Gasteiger partial charge in [0.15, 0.2) is 0 Å². The van der Waals surface area contributed by atoms with Crippen molar-refractivity contribution >= 4 is 11.7 Å². The Bertz CT molecular complexity index is 1180. The summed E-state index contributed by atoms with van der Waals surface area (Å²) >= 11 is 0. The van der Waals surface area contributed by atoms with Crippen molar-refractivity contribution in [1.29, 1.82) is 5.26 Å². The maximum atomic E-state index is 12.4. The zero-order chi connectivity index (χ0) is 22.8. The van der Waals surface area contributed by atoms with E-state index in [0.29, 0.717) is 35.7 Å². The Hall–Kier alpha value is -3.63. The van der Waals surface area contributed by atoms with Gasteiger partial charge in [0.1, 0.15) is 0 Å². The zero-order valence-corrected chi connectivity index (χ0v) is 18.7. The highest BCUT2D eigenvalue weighted by Gasteiger charge is 2.41. The van der Waals surface area contributed by atoms with Crippen LogP contribution < -0.4 is 10.6 Å². The van der Waals surface area contributed by atoms with Crippen molar-refractivity contribution in [2.75, 3.05) is 25.0 Å². The molecule has 2 N–H and O–H groups in total. The summed E-state index contributed by atoms with van der Waals surface area (Å²) in [6, 6.07) is 21.7. The van der Waals surface area contributed by atoms with Crippen molar-refractivity contribution in [2.45, 2.75) is 24.8 Å². The minimum Gasteiger partial charge on any atom is -0.336 e. The number of nitrogens with one attached hydrogen (secondary N) is 2. The van der Waals surface area contributed by atoms with Crippen LogP contribution >= 0.6 is 0 Å². The molecule has 3 aliphatic rings. The number of carbonyl (C=O) groups excluding carboxylic acids is 1.